The zero-order valence-corrected chi connectivity index (χ0v) is 12.4. The molecule has 3 nitrogen and oxygen atoms in total. The van der Waals surface area contributed by atoms with Crippen molar-refractivity contribution in [2.45, 2.75) is 0 Å². The van der Waals surface area contributed by atoms with E-state index in [0.29, 0.717) is 15.6 Å². The number of primary amides is 1. The van der Waals surface area contributed by atoms with Crippen LogP contribution in [0, 0.1) is 0 Å². The van der Waals surface area contributed by atoms with Crippen molar-refractivity contribution in [2.75, 3.05) is 0 Å². The summed E-state index contributed by atoms with van der Waals surface area (Å²) in [6.45, 7) is 0. The Hall–Kier alpha value is -1.62. The first-order valence-electron chi connectivity index (χ1n) is 5.70. The highest BCUT2D eigenvalue weighted by Gasteiger charge is 2.10. The summed E-state index contributed by atoms with van der Waals surface area (Å²) < 4.78 is 0.905. The van der Waals surface area contributed by atoms with E-state index >= 15 is 0 Å². The van der Waals surface area contributed by atoms with Crippen molar-refractivity contribution in [1.29, 1.82) is 0 Å². The number of carbonyl (C=O) groups excluding carboxylic acids is 1. The second-order valence-electron chi connectivity index (χ2n) is 4.19. The summed E-state index contributed by atoms with van der Waals surface area (Å²) in [4.78, 5) is 15.7. The molecule has 0 aliphatic heterocycles. The fourth-order valence-electron chi connectivity index (χ4n) is 1.83. The van der Waals surface area contributed by atoms with E-state index in [9.17, 15) is 4.79 Å². The van der Waals surface area contributed by atoms with Crippen molar-refractivity contribution in [2.24, 2.45) is 5.73 Å². The highest BCUT2D eigenvalue weighted by Crippen LogP contribution is 2.33. The van der Waals surface area contributed by atoms with Gasteiger partial charge < -0.3 is 5.73 Å². The standard InChI is InChI=1S/C14H8Cl2N2OS/c15-9-3-1-8(5-10(9)16)14-18-11-4-2-7(13(17)19)6-12(11)20-14/h1-6H,(H2,17,19). The number of aromatic nitrogens is 1. The lowest BCUT2D eigenvalue weighted by atomic mass is 10.2. The number of thiazole rings is 1. The molecule has 0 spiro atoms. The van der Waals surface area contributed by atoms with E-state index in [0.717, 1.165) is 20.8 Å². The number of rotatable bonds is 2. The van der Waals surface area contributed by atoms with Gasteiger partial charge >= 0.3 is 0 Å². The Bertz CT molecular complexity index is 829. The van der Waals surface area contributed by atoms with Gasteiger partial charge in [-0.25, -0.2) is 4.98 Å². The number of hydrogen-bond acceptors (Lipinski definition) is 3. The van der Waals surface area contributed by atoms with Crippen molar-refractivity contribution < 1.29 is 4.79 Å². The van der Waals surface area contributed by atoms with Crippen LogP contribution in [0.25, 0.3) is 20.8 Å². The molecule has 2 N–H and O–H groups in total. The topological polar surface area (TPSA) is 56.0 Å². The summed E-state index contributed by atoms with van der Waals surface area (Å²) in [6.07, 6.45) is 0. The van der Waals surface area contributed by atoms with Gasteiger partial charge in [0.05, 0.1) is 20.3 Å². The molecule has 0 saturated heterocycles. The third-order valence-corrected chi connectivity index (χ3v) is 4.65. The predicted molar refractivity (Wildman–Crippen MR) is 83.6 cm³/mol. The van der Waals surface area contributed by atoms with Gasteiger partial charge in [0.15, 0.2) is 0 Å². The average molecular weight is 323 g/mol. The third-order valence-electron chi connectivity index (χ3n) is 2.84. The van der Waals surface area contributed by atoms with Crippen LogP contribution in [-0.4, -0.2) is 10.9 Å². The summed E-state index contributed by atoms with van der Waals surface area (Å²) in [5.41, 5.74) is 7.46. The molecule has 0 saturated carbocycles. The van der Waals surface area contributed by atoms with E-state index in [1.54, 1.807) is 30.3 Å². The summed E-state index contributed by atoms with van der Waals surface area (Å²) >= 11 is 13.4. The van der Waals surface area contributed by atoms with Gasteiger partial charge in [-0.1, -0.05) is 29.3 Å². The third kappa shape index (κ3) is 2.38. The molecule has 1 aromatic heterocycles. The van der Waals surface area contributed by atoms with E-state index in [1.165, 1.54) is 11.3 Å². The molecule has 0 fully saturated rings. The molecule has 0 bridgehead atoms. The van der Waals surface area contributed by atoms with Crippen LogP contribution in [0.2, 0.25) is 10.0 Å². The van der Waals surface area contributed by atoms with Crippen LogP contribution in [0.3, 0.4) is 0 Å². The molecule has 3 rings (SSSR count). The van der Waals surface area contributed by atoms with E-state index < -0.39 is 5.91 Å². The number of benzene rings is 2. The van der Waals surface area contributed by atoms with Crippen LogP contribution in [0.5, 0.6) is 0 Å². The normalized spacial score (nSPS) is 10.9. The molecule has 1 amide bonds. The highest BCUT2D eigenvalue weighted by atomic mass is 35.5. The smallest absolute Gasteiger partial charge is 0.248 e. The van der Waals surface area contributed by atoms with Crippen molar-refractivity contribution >= 4 is 50.7 Å². The molecule has 0 atom stereocenters. The lowest BCUT2D eigenvalue weighted by Gasteiger charge is -1.98. The molecule has 0 radical (unpaired) electrons. The highest BCUT2D eigenvalue weighted by molar-refractivity contribution is 7.21. The lowest BCUT2D eigenvalue weighted by Crippen LogP contribution is -2.10. The maximum Gasteiger partial charge on any atom is 0.248 e. The molecule has 6 heteroatoms. The Morgan fingerprint density at radius 1 is 1.10 bits per heavy atom. The molecule has 100 valence electrons. The number of nitrogens with zero attached hydrogens (tertiary/aromatic N) is 1. The molecule has 0 aliphatic rings. The fourth-order valence-corrected chi connectivity index (χ4v) is 3.13. The second kappa shape index (κ2) is 5.05. The van der Waals surface area contributed by atoms with Crippen LogP contribution in [-0.2, 0) is 0 Å². The van der Waals surface area contributed by atoms with Gasteiger partial charge in [0.25, 0.3) is 0 Å². The zero-order valence-electron chi connectivity index (χ0n) is 10.1. The van der Waals surface area contributed by atoms with Gasteiger partial charge in [0.2, 0.25) is 5.91 Å². The first kappa shape index (κ1) is 13.4. The largest absolute Gasteiger partial charge is 0.366 e. The molecule has 3 aromatic rings. The van der Waals surface area contributed by atoms with Gasteiger partial charge in [0, 0.05) is 11.1 Å². The number of fused-ring (bicyclic) bond motifs is 1. The van der Waals surface area contributed by atoms with Crippen molar-refractivity contribution in [1.82, 2.24) is 4.98 Å². The zero-order chi connectivity index (χ0) is 14.3. The maximum atomic E-state index is 11.2. The quantitative estimate of drug-likeness (QED) is 0.761. The van der Waals surface area contributed by atoms with E-state index in [-0.39, 0.29) is 0 Å². The Balaban J connectivity index is 2.12. The summed E-state index contributed by atoms with van der Waals surface area (Å²) in [6, 6.07) is 10.6. The van der Waals surface area contributed by atoms with Crippen molar-refractivity contribution in [3.8, 4) is 10.6 Å². The Labute approximate surface area is 129 Å². The minimum Gasteiger partial charge on any atom is -0.366 e. The number of carbonyl (C=O) groups is 1. The molecule has 0 aliphatic carbocycles. The number of nitrogens with two attached hydrogens (primary N) is 1. The minimum atomic E-state index is -0.448. The van der Waals surface area contributed by atoms with Crippen LogP contribution in [0.1, 0.15) is 10.4 Å². The molecular formula is C14H8Cl2N2OS. The summed E-state index contributed by atoms with van der Waals surface area (Å²) in [5, 5.41) is 1.81. The SMILES string of the molecule is NC(=O)c1ccc2nc(-c3ccc(Cl)c(Cl)c3)sc2c1. The summed E-state index contributed by atoms with van der Waals surface area (Å²) in [5.74, 6) is -0.448. The molecular weight excluding hydrogens is 315 g/mol. The fraction of sp³-hybridized carbons (Fsp3) is 0. The Morgan fingerprint density at radius 3 is 2.60 bits per heavy atom. The number of halogens is 2. The molecule has 20 heavy (non-hydrogen) atoms. The molecule has 2 aromatic carbocycles. The van der Waals surface area contributed by atoms with Crippen molar-refractivity contribution in [3.05, 3.63) is 52.0 Å². The lowest BCUT2D eigenvalue weighted by molar-refractivity contribution is 0.100. The van der Waals surface area contributed by atoms with Gasteiger partial charge in [-0.15, -0.1) is 11.3 Å². The molecule has 1 heterocycles. The first-order valence-corrected chi connectivity index (χ1v) is 7.27. The van der Waals surface area contributed by atoms with Crippen molar-refractivity contribution in [3.63, 3.8) is 0 Å². The van der Waals surface area contributed by atoms with Gasteiger partial charge in [-0.05, 0) is 30.3 Å². The Morgan fingerprint density at radius 2 is 1.90 bits per heavy atom. The first-order chi connectivity index (χ1) is 9.54. The minimum absolute atomic E-state index is 0.448. The Kier molecular flexibility index (Phi) is 3.38. The number of amides is 1. The summed E-state index contributed by atoms with van der Waals surface area (Å²) in [7, 11) is 0. The van der Waals surface area contributed by atoms with Crippen LogP contribution in [0.4, 0.5) is 0 Å². The van der Waals surface area contributed by atoms with Crippen LogP contribution >= 0.6 is 34.5 Å². The van der Waals surface area contributed by atoms with Gasteiger partial charge in [-0.3, -0.25) is 4.79 Å². The van der Waals surface area contributed by atoms with Crippen LogP contribution < -0.4 is 5.73 Å². The maximum absolute atomic E-state index is 11.2. The van der Waals surface area contributed by atoms with Crippen LogP contribution in [0.15, 0.2) is 36.4 Å². The molecule has 0 unspecified atom stereocenters. The van der Waals surface area contributed by atoms with E-state index in [1.807, 2.05) is 6.07 Å². The van der Waals surface area contributed by atoms with Gasteiger partial charge in [-0.2, -0.15) is 0 Å². The van der Waals surface area contributed by atoms with Gasteiger partial charge in [0.1, 0.15) is 5.01 Å². The van der Waals surface area contributed by atoms with E-state index in [4.69, 9.17) is 28.9 Å². The monoisotopic (exact) mass is 322 g/mol. The second-order valence-corrected chi connectivity index (χ2v) is 6.04. The van der Waals surface area contributed by atoms with E-state index in [2.05, 4.69) is 4.98 Å². The number of hydrogen-bond donors (Lipinski definition) is 1. The predicted octanol–water partition coefficient (Wildman–Crippen LogP) is 4.37. The average Bonchev–Trinajstić information content (AvgIpc) is 2.84.